The molecule has 0 atom stereocenters. The Kier molecular flexibility index (Phi) is 7.36. The molecule has 1 N–H and O–H groups in total. The van der Waals surface area contributed by atoms with Crippen LogP contribution in [0.25, 0.3) is 0 Å². The summed E-state index contributed by atoms with van der Waals surface area (Å²) in [7, 11) is 0. The van der Waals surface area contributed by atoms with Gasteiger partial charge in [-0.2, -0.15) is 0 Å². The fourth-order valence-corrected chi connectivity index (χ4v) is 3.99. The summed E-state index contributed by atoms with van der Waals surface area (Å²) in [6.45, 7) is 8.51. The van der Waals surface area contributed by atoms with E-state index in [1.165, 1.54) is 0 Å². The van der Waals surface area contributed by atoms with Crippen LogP contribution in [-0.4, -0.2) is 24.4 Å². The standard InChI is InChI=1S/C29H27ClN2O5/c1-5-36-23-9-7-6-8-22(23)32-26(33)24(30)25(27(32)34)31-20-14-10-18(11-15-20)28(35)37-21-16-12-19(13-17-21)29(2,3)4/h6-17,31H,5H2,1-4H3. The number of rotatable bonds is 7. The zero-order chi connectivity index (χ0) is 26.7. The van der Waals surface area contributed by atoms with Gasteiger partial charge in [0, 0.05) is 5.69 Å². The molecule has 3 aromatic carbocycles. The van der Waals surface area contributed by atoms with Crippen LogP contribution in [0.1, 0.15) is 43.6 Å². The molecule has 0 aliphatic carbocycles. The van der Waals surface area contributed by atoms with Gasteiger partial charge in [0.25, 0.3) is 11.8 Å². The Morgan fingerprint density at radius 2 is 1.57 bits per heavy atom. The molecular formula is C29H27ClN2O5. The van der Waals surface area contributed by atoms with Gasteiger partial charge in [0.15, 0.2) is 0 Å². The van der Waals surface area contributed by atoms with Gasteiger partial charge in [-0.1, -0.05) is 56.6 Å². The molecule has 7 nitrogen and oxygen atoms in total. The van der Waals surface area contributed by atoms with Crippen molar-refractivity contribution in [1.82, 2.24) is 0 Å². The summed E-state index contributed by atoms with van der Waals surface area (Å²) in [6, 6.07) is 20.5. The highest BCUT2D eigenvalue weighted by Gasteiger charge is 2.40. The van der Waals surface area contributed by atoms with Crippen LogP contribution >= 0.6 is 11.6 Å². The average molecular weight is 519 g/mol. The summed E-state index contributed by atoms with van der Waals surface area (Å²) in [5, 5.41) is 2.66. The number of ether oxygens (including phenoxy) is 2. The van der Waals surface area contributed by atoms with Gasteiger partial charge in [-0.15, -0.1) is 0 Å². The van der Waals surface area contributed by atoms with E-state index in [-0.39, 0.29) is 16.1 Å². The first-order valence-corrected chi connectivity index (χ1v) is 12.2. The molecule has 0 fully saturated rings. The Bertz CT molecular complexity index is 1370. The molecule has 4 rings (SSSR count). The quantitative estimate of drug-likeness (QED) is 0.233. The minimum Gasteiger partial charge on any atom is -0.492 e. The van der Waals surface area contributed by atoms with E-state index in [0.29, 0.717) is 35.0 Å². The number of benzene rings is 3. The Hall–Kier alpha value is -4.10. The molecule has 0 radical (unpaired) electrons. The third kappa shape index (κ3) is 5.52. The Morgan fingerprint density at radius 1 is 0.919 bits per heavy atom. The lowest BCUT2D eigenvalue weighted by Crippen LogP contribution is -2.32. The number of para-hydroxylation sites is 2. The molecule has 1 aliphatic rings. The number of carbonyl (C=O) groups excluding carboxylic acids is 3. The Balaban J connectivity index is 1.46. The van der Waals surface area contributed by atoms with Crippen molar-refractivity contribution in [3.63, 3.8) is 0 Å². The predicted molar refractivity (Wildman–Crippen MR) is 143 cm³/mol. The normalized spacial score (nSPS) is 13.7. The number of nitrogens with zero attached hydrogens (tertiary/aromatic N) is 1. The maximum Gasteiger partial charge on any atom is 0.343 e. The molecule has 190 valence electrons. The van der Waals surface area contributed by atoms with Crippen molar-refractivity contribution in [3.8, 4) is 11.5 Å². The van der Waals surface area contributed by atoms with Gasteiger partial charge in [0.2, 0.25) is 0 Å². The molecular weight excluding hydrogens is 492 g/mol. The SMILES string of the molecule is CCOc1ccccc1N1C(=O)C(Cl)=C(Nc2ccc(C(=O)Oc3ccc(C(C)(C)C)cc3)cc2)C1=O. The molecule has 8 heteroatoms. The Labute approximate surface area is 220 Å². The van der Waals surface area contributed by atoms with Crippen LogP contribution in [0.3, 0.4) is 0 Å². The van der Waals surface area contributed by atoms with E-state index in [1.54, 1.807) is 60.7 Å². The first kappa shape index (κ1) is 26.0. The zero-order valence-corrected chi connectivity index (χ0v) is 21.8. The minimum absolute atomic E-state index is 0.00127. The van der Waals surface area contributed by atoms with E-state index in [2.05, 4.69) is 26.1 Å². The number of nitrogens with one attached hydrogen (secondary N) is 1. The number of imide groups is 1. The van der Waals surface area contributed by atoms with Crippen LogP contribution in [0.5, 0.6) is 11.5 Å². The highest BCUT2D eigenvalue weighted by molar-refractivity contribution is 6.53. The summed E-state index contributed by atoms with van der Waals surface area (Å²) in [4.78, 5) is 39.5. The van der Waals surface area contributed by atoms with Crippen LogP contribution in [-0.2, 0) is 15.0 Å². The first-order chi connectivity index (χ1) is 17.6. The van der Waals surface area contributed by atoms with Crippen LogP contribution in [0.4, 0.5) is 11.4 Å². The molecule has 3 aromatic rings. The molecule has 2 amide bonds. The second-order valence-corrected chi connectivity index (χ2v) is 9.78. The Morgan fingerprint density at radius 3 is 2.19 bits per heavy atom. The summed E-state index contributed by atoms with van der Waals surface area (Å²) >= 11 is 6.25. The van der Waals surface area contributed by atoms with Gasteiger partial charge in [0.05, 0.1) is 17.9 Å². The summed E-state index contributed by atoms with van der Waals surface area (Å²) in [5.74, 6) is -0.936. The number of hydrogen-bond acceptors (Lipinski definition) is 6. The second-order valence-electron chi connectivity index (χ2n) is 9.40. The zero-order valence-electron chi connectivity index (χ0n) is 21.0. The van der Waals surface area contributed by atoms with E-state index in [1.807, 2.05) is 19.1 Å². The van der Waals surface area contributed by atoms with Gasteiger partial charge < -0.3 is 14.8 Å². The van der Waals surface area contributed by atoms with E-state index in [9.17, 15) is 14.4 Å². The van der Waals surface area contributed by atoms with E-state index >= 15 is 0 Å². The van der Waals surface area contributed by atoms with Crippen molar-refractivity contribution >= 4 is 40.8 Å². The molecule has 0 spiro atoms. The molecule has 0 bridgehead atoms. The number of anilines is 2. The number of hydrogen-bond donors (Lipinski definition) is 1. The van der Waals surface area contributed by atoms with Crippen molar-refractivity contribution < 1.29 is 23.9 Å². The minimum atomic E-state index is -0.654. The van der Waals surface area contributed by atoms with Crippen molar-refractivity contribution in [2.75, 3.05) is 16.8 Å². The van der Waals surface area contributed by atoms with E-state index < -0.39 is 17.8 Å². The molecule has 0 unspecified atom stereocenters. The topological polar surface area (TPSA) is 84.9 Å². The van der Waals surface area contributed by atoms with Crippen LogP contribution in [0, 0.1) is 0 Å². The second kappa shape index (κ2) is 10.5. The monoisotopic (exact) mass is 518 g/mol. The number of amides is 2. The van der Waals surface area contributed by atoms with Gasteiger partial charge in [-0.3, -0.25) is 9.59 Å². The highest BCUT2D eigenvalue weighted by atomic mass is 35.5. The van der Waals surface area contributed by atoms with Gasteiger partial charge >= 0.3 is 5.97 Å². The van der Waals surface area contributed by atoms with Gasteiger partial charge in [0.1, 0.15) is 22.2 Å². The highest BCUT2D eigenvalue weighted by Crippen LogP contribution is 2.35. The summed E-state index contributed by atoms with van der Waals surface area (Å²) < 4.78 is 11.0. The van der Waals surface area contributed by atoms with Crippen LogP contribution in [0.15, 0.2) is 83.5 Å². The third-order valence-electron chi connectivity index (χ3n) is 5.75. The predicted octanol–water partition coefficient (Wildman–Crippen LogP) is 6.04. The lowest BCUT2D eigenvalue weighted by Gasteiger charge is -2.19. The third-order valence-corrected chi connectivity index (χ3v) is 6.10. The molecule has 0 saturated heterocycles. The molecule has 0 aromatic heterocycles. The van der Waals surface area contributed by atoms with Gasteiger partial charge in [-0.25, -0.2) is 9.69 Å². The lowest BCUT2D eigenvalue weighted by atomic mass is 9.87. The van der Waals surface area contributed by atoms with Crippen molar-refractivity contribution in [2.24, 2.45) is 0 Å². The van der Waals surface area contributed by atoms with Crippen LogP contribution < -0.4 is 19.7 Å². The lowest BCUT2D eigenvalue weighted by molar-refractivity contribution is -0.120. The summed E-state index contributed by atoms with van der Waals surface area (Å²) in [5.41, 5.74) is 2.18. The smallest absolute Gasteiger partial charge is 0.343 e. The van der Waals surface area contributed by atoms with Crippen molar-refractivity contribution in [2.45, 2.75) is 33.1 Å². The summed E-state index contributed by atoms with van der Waals surface area (Å²) in [6.07, 6.45) is 0. The molecule has 0 saturated carbocycles. The number of carbonyl (C=O) groups is 3. The largest absolute Gasteiger partial charge is 0.492 e. The fourth-order valence-electron chi connectivity index (χ4n) is 3.77. The average Bonchev–Trinajstić information content (AvgIpc) is 3.08. The first-order valence-electron chi connectivity index (χ1n) is 11.8. The van der Waals surface area contributed by atoms with Crippen molar-refractivity contribution in [1.29, 1.82) is 0 Å². The van der Waals surface area contributed by atoms with Crippen LogP contribution in [0.2, 0.25) is 0 Å². The maximum atomic E-state index is 13.1. The van der Waals surface area contributed by atoms with Gasteiger partial charge in [-0.05, 0) is 66.4 Å². The van der Waals surface area contributed by atoms with E-state index in [0.717, 1.165) is 10.5 Å². The molecule has 37 heavy (non-hydrogen) atoms. The fraction of sp³-hybridized carbons (Fsp3) is 0.207. The molecule has 1 heterocycles. The number of halogens is 1. The van der Waals surface area contributed by atoms with Crippen molar-refractivity contribution in [3.05, 3.63) is 94.7 Å². The van der Waals surface area contributed by atoms with E-state index in [4.69, 9.17) is 21.1 Å². The number of esters is 1. The molecule has 1 aliphatic heterocycles. The maximum absolute atomic E-state index is 13.1.